The molecule has 0 spiro atoms. The van der Waals surface area contributed by atoms with Gasteiger partial charge < -0.3 is 0 Å². The SMILES string of the molecule is CC(C)CCC(C)CC1CC1C. The summed E-state index contributed by atoms with van der Waals surface area (Å²) in [5.74, 6) is 4.00. The first-order valence-electron chi connectivity index (χ1n) is 5.59. The van der Waals surface area contributed by atoms with Crippen LogP contribution in [0.4, 0.5) is 0 Å². The molecule has 0 aromatic carbocycles. The minimum absolute atomic E-state index is 0.893. The van der Waals surface area contributed by atoms with Gasteiger partial charge in [0.1, 0.15) is 0 Å². The van der Waals surface area contributed by atoms with E-state index in [0.29, 0.717) is 0 Å². The second-order valence-electron chi connectivity index (χ2n) is 5.29. The summed E-state index contributed by atoms with van der Waals surface area (Å²) in [6, 6.07) is 0. The Hall–Kier alpha value is 0. The van der Waals surface area contributed by atoms with Crippen LogP contribution in [0.1, 0.15) is 53.4 Å². The van der Waals surface area contributed by atoms with E-state index in [1.165, 1.54) is 25.7 Å². The van der Waals surface area contributed by atoms with Crippen LogP contribution < -0.4 is 0 Å². The minimum Gasteiger partial charge on any atom is -0.0628 e. The third kappa shape index (κ3) is 3.60. The molecule has 1 rings (SSSR count). The summed E-state index contributed by atoms with van der Waals surface area (Å²) in [4.78, 5) is 0. The molecule has 72 valence electrons. The molecule has 1 aliphatic rings. The highest BCUT2D eigenvalue weighted by Crippen LogP contribution is 2.43. The van der Waals surface area contributed by atoms with Gasteiger partial charge in [0.25, 0.3) is 0 Å². The summed E-state index contributed by atoms with van der Waals surface area (Å²) in [5, 5.41) is 0. The first-order valence-corrected chi connectivity index (χ1v) is 5.59. The Balaban J connectivity index is 2.00. The molecule has 0 heterocycles. The Morgan fingerprint density at radius 2 is 1.75 bits per heavy atom. The van der Waals surface area contributed by atoms with Gasteiger partial charge in [-0.15, -0.1) is 0 Å². The molecule has 0 heteroatoms. The highest BCUT2D eigenvalue weighted by molar-refractivity contribution is 4.83. The van der Waals surface area contributed by atoms with E-state index in [0.717, 1.165) is 23.7 Å². The van der Waals surface area contributed by atoms with Gasteiger partial charge in [-0.2, -0.15) is 0 Å². The highest BCUT2D eigenvalue weighted by atomic mass is 14.4. The Bertz CT molecular complexity index is 126. The van der Waals surface area contributed by atoms with Gasteiger partial charge in [-0.1, -0.05) is 40.5 Å². The fourth-order valence-corrected chi connectivity index (χ4v) is 1.98. The summed E-state index contributed by atoms with van der Waals surface area (Å²) in [6.45, 7) is 9.46. The van der Waals surface area contributed by atoms with Gasteiger partial charge in [0.2, 0.25) is 0 Å². The average Bonchev–Trinajstić information content (AvgIpc) is 2.62. The second-order valence-corrected chi connectivity index (χ2v) is 5.29. The molecular formula is C12H24. The molecule has 1 aliphatic carbocycles. The number of rotatable bonds is 5. The van der Waals surface area contributed by atoms with E-state index in [1.807, 2.05) is 0 Å². The van der Waals surface area contributed by atoms with Crippen molar-refractivity contribution in [3.05, 3.63) is 0 Å². The summed E-state index contributed by atoms with van der Waals surface area (Å²) < 4.78 is 0. The monoisotopic (exact) mass is 168 g/mol. The van der Waals surface area contributed by atoms with Crippen LogP contribution in [0.15, 0.2) is 0 Å². The largest absolute Gasteiger partial charge is 0.0628 e. The lowest BCUT2D eigenvalue weighted by Crippen LogP contribution is -1.99. The molecule has 1 saturated carbocycles. The maximum Gasteiger partial charge on any atom is -0.0383 e. The third-order valence-electron chi connectivity index (χ3n) is 3.22. The Kier molecular flexibility index (Phi) is 3.61. The quantitative estimate of drug-likeness (QED) is 0.579. The normalized spacial score (nSPS) is 30.8. The van der Waals surface area contributed by atoms with Crippen molar-refractivity contribution in [1.29, 1.82) is 0 Å². The van der Waals surface area contributed by atoms with Crippen LogP contribution in [0, 0.1) is 23.7 Å². The smallest absolute Gasteiger partial charge is 0.0383 e. The van der Waals surface area contributed by atoms with Crippen LogP contribution in [0.2, 0.25) is 0 Å². The van der Waals surface area contributed by atoms with Gasteiger partial charge >= 0.3 is 0 Å². The molecule has 3 unspecified atom stereocenters. The summed E-state index contributed by atoms with van der Waals surface area (Å²) in [5.41, 5.74) is 0. The third-order valence-corrected chi connectivity index (χ3v) is 3.22. The Labute approximate surface area is 77.7 Å². The van der Waals surface area contributed by atoms with Crippen molar-refractivity contribution in [3.63, 3.8) is 0 Å². The fraction of sp³-hybridized carbons (Fsp3) is 1.00. The van der Waals surface area contributed by atoms with Crippen molar-refractivity contribution in [2.24, 2.45) is 23.7 Å². The van der Waals surface area contributed by atoms with E-state index in [4.69, 9.17) is 0 Å². The summed E-state index contributed by atoms with van der Waals surface area (Å²) in [7, 11) is 0. The highest BCUT2D eigenvalue weighted by Gasteiger charge is 2.33. The standard InChI is InChI=1S/C12H24/c1-9(2)5-6-10(3)7-12-8-11(12)4/h9-12H,5-8H2,1-4H3. The zero-order chi connectivity index (χ0) is 9.14. The minimum atomic E-state index is 0.893. The van der Waals surface area contributed by atoms with E-state index in [9.17, 15) is 0 Å². The lowest BCUT2D eigenvalue weighted by molar-refractivity contribution is 0.404. The predicted octanol–water partition coefficient (Wildman–Crippen LogP) is 4.10. The van der Waals surface area contributed by atoms with Crippen molar-refractivity contribution in [2.45, 2.75) is 53.4 Å². The molecule has 0 amide bonds. The zero-order valence-corrected chi connectivity index (χ0v) is 9.14. The van der Waals surface area contributed by atoms with Crippen LogP contribution in [0.5, 0.6) is 0 Å². The summed E-state index contributed by atoms with van der Waals surface area (Å²) in [6.07, 6.45) is 5.86. The summed E-state index contributed by atoms with van der Waals surface area (Å²) >= 11 is 0. The molecule has 3 atom stereocenters. The predicted molar refractivity (Wildman–Crippen MR) is 55.1 cm³/mol. The second kappa shape index (κ2) is 4.30. The molecule has 1 fully saturated rings. The van der Waals surface area contributed by atoms with Crippen LogP contribution in [-0.2, 0) is 0 Å². The van der Waals surface area contributed by atoms with E-state index in [-0.39, 0.29) is 0 Å². The van der Waals surface area contributed by atoms with Gasteiger partial charge in [-0.3, -0.25) is 0 Å². The van der Waals surface area contributed by atoms with Crippen LogP contribution >= 0.6 is 0 Å². The molecule has 12 heavy (non-hydrogen) atoms. The van der Waals surface area contributed by atoms with Crippen LogP contribution in [0.25, 0.3) is 0 Å². The van der Waals surface area contributed by atoms with Crippen molar-refractivity contribution in [1.82, 2.24) is 0 Å². The number of hydrogen-bond acceptors (Lipinski definition) is 0. The Morgan fingerprint density at radius 3 is 2.17 bits per heavy atom. The topological polar surface area (TPSA) is 0 Å². The molecular weight excluding hydrogens is 144 g/mol. The zero-order valence-electron chi connectivity index (χ0n) is 9.14. The lowest BCUT2D eigenvalue weighted by Gasteiger charge is -2.12. The molecule has 0 aliphatic heterocycles. The van der Waals surface area contributed by atoms with Gasteiger partial charge in [0, 0.05) is 0 Å². The van der Waals surface area contributed by atoms with Gasteiger partial charge in [-0.25, -0.2) is 0 Å². The van der Waals surface area contributed by atoms with Gasteiger partial charge in [0.15, 0.2) is 0 Å². The molecule has 0 bridgehead atoms. The van der Waals surface area contributed by atoms with Crippen molar-refractivity contribution in [2.75, 3.05) is 0 Å². The molecule has 0 aromatic rings. The molecule has 0 radical (unpaired) electrons. The number of hydrogen-bond donors (Lipinski definition) is 0. The van der Waals surface area contributed by atoms with Crippen molar-refractivity contribution >= 4 is 0 Å². The maximum atomic E-state index is 2.42. The van der Waals surface area contributed by atoms with Crippen molar-refractivity contribution < 1.29 is 0 Å². The maximum absolute atomic E-state index is 2.42. The average molecular weight is 168 g/mol. The van der Waals surface area contributed by atoms with Gasteiger partial charge in [-0.05, 0) is 36.5 Å². The Morgan fingerprint density at radius 1 is 1.17 bits per heavy atom. The first kappa shape index (κ1) is 10.1. The van der Waals surface area contributed by atoms with Gasteiger partial charge in [0.05, 0.1) is 0 Å². The molecule has 0 N–H and O–H groups in total. The molecule has 0 aromatic heterocycles. The van der Waals surface area contributed by atoms with E-state index >= 15 is 0 Å². The first-order chi connectivity index (χ1) is 5.59. The van der Waals surface area contributed by atoms with Crippen LogP contribution in [-0.4, -0.2) is 0 Å². The van der Waals surface area contributed by atoms with E-state index < -0.39 is 0 Å². The lowest BCUT2D eigenvalue weighted by atomic mass is 9.94. The molecule has 0 nitrogen and oxygen atoms in total. The van der Waals surface area contributed by atoms with Crippen LogP contribution in [0.3, 0.4) is 0 Å². The van der Waals surface area contributed by atoms with E-state index in [1.54, 1.807) is 0 Å². The fourth-order valence-electron chi connectivity index (χ4n) is 1.98. The van der Waals surface area contributed by atoms with Crippen molar-refractivity contribution in [3.8, 4) is 0 Å². The van der Waals surface area contributed by atoms with E-state index in [2.05, 4.69) is 27.7 Å². The molecule has 0 saturated heterocycles.